The highest BCUT2D eigenvalue weighted by atomic mass is 32.2. The van der Waals surface area contributed by atoms with Crippen molar-refractivity contribution >= 4 is 21.6 Å². The normalized spacial score (nSPS) is 19.4. The van der Waals surface area contributed by atoms with Crippen LogP contribution in [0.5, 0.6) is 0 Å². The zero-order valence-corrected chi connectivity index (χ0v) is 16.5. The minimum Gasteiger partial charge on any atom is -0.339 e. The highest BCUT2D eigenvalue weighted by Crippen LogP contribution is 2.37. The molecule has 0 unspecified atom stereocenters. The first-order valence-electron chi connectivity index (χ1n) is 9.41. The van der Waals surface area contributed by atoms with E-state index in [-0.39, 0.29) is 11.9 Å². The minimum atomic E-state index is -3.63. The van der Waals surface area contributed by atoms with Gasteiger partial charge in [-0.1, -0.05) is 17.7 Å². The van der Waals surface area contributed by atoms with Crippen LogP contribution in [-0.2, 0) is 16.4 Å². The first kappa shape index (κ1) is 18.0. The van der Waals surface area contributed by atoms with E-state index in [0.717, 1.165) is 37.1 Å². The molecule has 0 aromatic heterocycles. The average Bonchev–Trinajstić information content (AvgIpc) is 3.28. The predicted octanol–water partition coefficient (Wildman–Crippen LogP) is 3.37. The third kappa shape index (κ3) is 3.12. The van der Waals surface area contributed by atoms with Gasteiger partial charge in [-0.3, -0.25) is 9.10 Å². The van der Waals surface area contributed by atoms with Crippen LogP contribution in [0.15, 0.2) is 47.4 Å². The molecule has 0 saturated carbocycles. The largest absolute Gasteiger partial charge is 0.339 e. The topological polar surface area (TPSA) is 57.7 Å². The van der Waals surface area contributed by atoms with Gasteiger partial charge in [0.2, 0.25) is 0 Å². The van der Waals surface area contributed by atoms with E-state index in [1.54, 1.807) is 24.3 Å². The number of nitrogens with zero attached hydrogens (tertiary/aromatic N) is 2. The smallest absolute Gasteiger partial charge is 0.264 e. The molecule has 4 rings (SSSR count). The van der Waals surface area contributed by atoms with Gasteiger partial charge >= 0.3 is 0 Å². The molecule has 0 spiro atoms. The number of aryl methyl sites for hydroxylation is 1. The third-order valence-electron chi connectivity index (χ3n) is 5.45. The lowest BCUT2D eigenvalue weighted by Gasteiger charge is -2.24. The molecule has 1 atom stereocenters. The molecule has 2 aliphatic rings. The maximum absolute atomic E-state index is 13.2. The molecule has 27 heavy (non-hydrogen) atoms. The molecule has 1 amide bonds. The molecule has 1 fully saturated rings. The average molecular weight is 385 g/mol. The number of sulfonamides is 1. The fourth-order valence-electron chi connectivity index (χ4n) is 4.03. The van der Waals surface area contributed by atoms with E-state index in [9.17, 15) is 13.2 Å². The molecule has 2 heterocycles. The summed E-state index contributed by atoms with van der Waals surface area (Å²) >= 11 is 0. The number of carbonyl (C=O) groups excluding carboxylic acids is 1. The van der Waals surface area contributed by atoms with Crippen molar-refractivity contribution in [1.29, 1.82) is 0 Å². The molecule has 142 valence electrons. The van der Waals surface area contributed by atoms with E-state index in [0.29, 0.717) is 22.6 Å². The molecule has 0 bridgehead atoms. The van der Waals surface area contributed by atoms with Crippen LogP contribution < -0.4 is 4.31 Å². The highest BCUT2D eigenvalue weighted by molar-refractivity contribution is 7.92. The second-order valence-corrected chi connectivity index (χ2v) is 9.32. The summed E-state index contributed by atoms with van der Waals surface area (Å²) in [6.07, 6.45) is 2.72. The van der Waals surface area contributed by atoms with Gasteiger partial charge in [0.25, 0.3) is 15.9 Å². The minimum absolute atomic E-state index is 0.0443. The van der Waals surface area contributed by atoms with Crippen molar-refractivity contribution in [3.63, 3.8) is 0 Å². The Morgan fingerprint density at radius 1 is 1.04 bits per heavy atom. The van der Waals surface area contributed by atoms with Gasteiger partial charge in [-0.15, -0.1) is 0 Å². The summed E-state index contributed by atoms with van der Waals surface area (Å²) in [4.78, 5) is 14.8. The van der Waals surface area contributed by atoms with Gasteiger partial charge in [0.05, 0.1) is 10.6 Å². The number of likely N-dealkylation sites (tertiary alicyclic amines) is 1. The quantitative estimate of drug-likeness (QED) is 0.815. The SMILES string of the molecule is Cc1ccc(S(=O)(=O)N2c3ccc(C(=O)N4CCCC4)cc3C[C@@H]2C)cc1. The fraction of sp³-hybridized carbons (Fsp3) is 0.381. The van der Waals surface area contributed by atoms with E-state index < -0.39 is 10.0 Å². The van der Waals surface area contributed by atoms with Crippen LogP contribution in [0.3, 0.4) is 0 Å². The van der Waals surface area contributed by atoms with Crippen molar-refractivity contribution in [2.75, 3.05) is 17.4 Å². The summed E-state index contributed by atoms with van der Waals surface area (Å²) in [6.45, 7) is 5.46. The van der Waals surface area contributed by atoms with Crippen molar-refractivity contribution in [2.45, 2.75) is 44.0 Å². The first-order chi connectivity index (χ1) is 12.9. The van der Waals surface area contributed by atoms with Gasteiger partial charge < -0.3 is 4.90 Å². The molecule has 0 N–H and O–H groups in total. The summed E-state index contributed by atoms with van der Waals surface area (Å²) in [5.41, 5.74) is 3.27. The van der Waals surface area contributed by atoms with E-state index in [1.807, 2.05) is 36.9 Å². The van der Waals surface area contributed by atoms with Crippen LogP contribution in [0, 0.1) is 6.92 Å². The number of anilines is 1. The predicted molar refractivity (Wildman–Crippen MR) is 106 cm³/mol. The maximum Gasteiger partial charge on any atom is 0.264 e. The van der Waals surface area contributed by atoms with Gasteiger partial charge in [-0.05, 0) is 69.0 Å². The number of hydrogen-bond acceptors (Lipinski definition) is 3. The van der Waals surface area contributed by atoms with Crippen molar-refractivity contribution in [1.82, 2.24) is 4.90 Å². The number of hydrogen-bond donors (Lipinski definition) is 0. The third-order valence-corrected chi connectivity index (χ3v) is 7.39. The lowest BCUT2D eigenvalue weighted by molar-refractivity contribution is 0.0792. The number of amides is 1. The second kappa shape index (κ2) is 6.68. The van der Waals surface area contributed by atoms with Crippen LogP contribution in [0.4, 0.5) is 5.69 Å². The molecule has 0 radical (unpaired) electrons. The lowest BCUT2D eigenvalue weighted by atomic mass is 10.1. The first-order valence-corrected chi connectivity index (χ1v) is 10.9. The van der Waals surface area contributed by atoms with Crippen molar-refractivity contribution in [2.24, 2.45) is 0 Å². The summed E-state index contributed by atoms with van der Waals surface area (Å²) < 4.78 is 27.9. The number of fused-ring (bicyclic) bond motifs is 1. The van der Waals surface area contributed by atoms with Gasteiger partial charge in [0.15, 0.2) is 0 Å². The molecule has 0 aliphatic carbocycles. The van der Waals surface area contributed by atoms with E-state index in [4.69, 9.17) is 0 Å². The molecule has 2 aromatic rings. The highest BCUT2D eigenvalue weighted by Gasteiger charge is 2.36. The summed E-state index contributed by atoms with van der Waals surface area (Å²) in [7, 11) is -3.63. The Bertz CT molecular complexity index is 977. The Hall–Kier alpha value is -2.34. The van der Waals surface area contributed by atoms with Gasteiger partial charge in [0.1, 0.15) is 0 Å². The number of benzene rings is 2. The second-order valence-electron chi connectivity index (χ2n) is 7.51. The zero-order chi connectivity index (χ0) is 19.2. The molecule has 6 heteroatoms. The summed E-state index contributed by atoms with van der Waals surface area (Å²) in [6, 6.07) is 12.2. The number of rotatable bonds is 3. The Labute approximate surface area is 160 Å². The molecular formula is C21H24N2O3S. The van der Waals surface area contributed by atoms with Crippen LogP contribution in [-0.4, -0.2) is 38.4 Å². The van der Waals surface area contributed by atoms with Crippen molar-refractivity contribution in [3.05, 3.63) is 59.2 Å². The maximum atomic E-state index is 13.2. The van der Waals surface area contributed by atoms with Crippen LogP contribution in [0.25, 0.3) is 0 Å². The molecule has 2 aromatic carbocycles. The lowest BCUT2D eigenvalue weighted by Crippen LogP contribution is -2.35. The Balaban J connectivity index is 1.68. The Morgan fingerprint density at radius 3 is 2.37 bits per heavy atom. The van der Waals surface area contributed by atoms with E-state index >= 15 is 0 Å². The molecular weight excluding hydrogens is 360 g/mol. The summed E-state index contributed by atoms with van der Waals surface area (Å²) in [5, 5.41) is 0. The molecule has 5 nitrogen and oxygen atoms in total. The monoisotopic (exact) mass is 384 g/mol. The standard InChI is InChI=1S/C21H24N2O3S/c1-15-5-8-19(9-6-15)27(25,26)23-16(2)13-18-14-17(7-10-20(18)23)21(24)22-11-3-4-12-22/h5-10,14,16H,3-4,11-13H2,1-2H3/t16-/m0/s1. The van der Waals surface area contributed by atoms with Gasteiger partial charge in [-0.25, -0.2) is 8.42 Å². The van der Waals surface area contributed by atoms with Crippen LogP contribution in [0.1, 0.15) is 41.3 Å². The molecule has 1 saturated heterocycles. The van der Waals surface area contributed by atoms with E-state index in [1.165, 1.54) is 4.31 Å². The molecule has 2 aliphatic heterocycles. The van der Waals surface area contributed by atoms with Gasteiger partial charge in [-0.2, -0.15) is 0 Å². The Kier molecular flexibility index (Phi) is 4.46. The van der Waals surface area contributed by atoms with Gasteiger partial charge in [0, 0.05) is 24.7 Å². The zero-order valence-electron chi connectivity index (χ0n) is 15.7. The van der Waals surface area contributed by atoms with Crippen LogP contribution >= 0.6 is 0 Å². The van der Waals surface area contributed by atoms with Crippen LogP contribution in [0.2, 0.25) is 0 Å². The van der Waals surface area contributed by atoms with E-state index in [2.05, 4.69) is 0 Å². The van der Waals surface area contributed by atoms with Crippen molar-refractivity contribution in [3.8, 4) is 0 Å². The summed E-state index contributed by atoms with van der Waals surface area (Å²) in [5.74, 6) is 0.0443. The Morgan fingerprint density at radius 2 is 1.70 bits per heavy atom. The number of carbonyl (C=O) groups is 1. The fourth-order valence-corrected chi connectivity index (χ4v) is 5.72. The van der Waals surface area contributed by atoms with Crippen molar-refractivity contribution < 1.29 is 13.2 Å².